The van der Waals surface area contributed by atoms with Gasteiger partial charge in [-0.3, -0.25) is 0 Å². The molecule has 0 saturated carbocycles. The Balaban J connectivity index is -0.000000480. The predicted octanol–water partition coefficient (Wildman–Crippen LogP) is -3.59. The van der Waals surface area contributed by atoms with Crippen molar-refractivity contribution in [1.29, 1.82) is 0 Å². The SMILES string of the molecule is O=C(O)C1OCC(O)C(O)C1O.[Na].[Na].[Na]. The Morgan fingerprint density at radius 1 is 1.07 bits per heavy atom. The van der Waals surface area contributed by atoms with Crippen molar-refractivity contribution in [2.24, 2.45) is 0 Å². The van der Waals surface area contributed by atoms with Crippen molar-refractivity contribution in [3.63, 3.8) is 0 Å². The van der Waals surface area contributed by atoms with Crippen LogP contribution in [0.15, 0.2) is 0 Å². The number of aliphatic hydroxyl groups excluding tert-OH is 3. The number of carboxylic acids is 1. The Morgan fingerprint density at radius 3 is 1.93 bits per heavy atom. The minimum atomic E-state index is -1.58. The second kappa shape index (κ2) is 10.3. The number of rotatable bonds is 1. The van der Waals surface area contributed by atoms with E-state index in [0.29, 0.717) is 0 Å². The third-order valence-corrected chi connectivity index (χ3v) is 1.74. The molecule has 6 nitrogen and oxygen atoms in total. The van der Waals surface area contributed by atoms with E-state index in [9.17, 15) is 4.79 Å². The summed E-state index contributed by atoms with van der Waals surface area (Å²) in [7, 11) is 0. The van der Waals surface area contributed by atoms with Crippen LogP contribution in [0.3, 0.4) is 0 Å². The van der Waals surface area contributed by atoms with E-state index < -0.39 is 30.4 Å². The van der Waals surface area contributed by atoms with Gasteiger partial charge in [0.25, 0.3) is 0 Å². The summed E-state index contributed by atoms with van der Waals surface area (Å²) < 4.78 is 4.57. The van der Waals surface area contributed by atoms with Crippen molar-refractivity contribution in [3.8, 4) is 0 Å². The fraction of sp³-hybridized carbons (Fsp3) is 0.833. The Bertz CT molecular complexity index is 192. The second-order valence-corrected chi connectivity index (χ2v) is 2.64. The van der Waals surface area contributed by atoms with Gasteiger partial charge >= 0.3 is 5.97 Å². The van der Waals surface area contributed by atoms with Gasteiger partial charge in [-0.2, -0.15) is 0 Å². The Morgan fingerprint density at radius 2 is 1.53 bits per heavy atom. The maximum Gasteiger partial charge on any atom is 0.335 e. The molecule has 1 saturated heterocycles. The average Bonchev–Trinajstić information content (AvgIpc) is 2.00. The minimum Gasteiger partial charge on any atom is -0.479 e. The standard InChI is InChI=1S/C6H10O6.3Na/c7-2-1-12-5(6(10)11)4(9)3(2)8;;;/h2-5,7-9H,1H2,(H,10,11);;;. The van der Waals surface area contributed by atoms with Gasteiger partial charge in [0.15, 0.2) is 6.10 Å². The van der Waals surface area contributed by atoms with Crippen LogP contribution >= 0.6 is 0 Å². The molecule has 0 aromatic carbocycles. The van der Waals surface area contributed by atoms with E-state index in [2.05, 4.69) is 4.74 Å². The molecule has 1 heterocycles. The van der Waals surface area contributed by atoms with Crippen LogP contribution in [0.1, 0.15) is 0 Å². The number of ether oxygens (including phenoxy) is 1. The molecule has 1 aliphatic heterocycles. The zero-order chi connectivity index (χ0) is 9.30. The van der Waals surface area contributed by atoms with Crippen molar-refractivity contribution in [2.45, 2.75) is 24.4 Å². The number of aliphatic hydroxyl groups is 3. The van der Waals surface area contributed by atoms with Crippen LogP contribution in [-0.2, 0) is 9.53 Å². The molecular weight excluding hydrogens is 237 g/mol. The summed E-state index contributed by atoms with van der Waals surface area (Å²) in [4.78, 5) is 10.3. The van der Waals surface area contributed by atoms with Crippen LogP contribution in [0.4, 0.5) is 0 Å². The van der Waals surface area contributed by atoms with E-state index in [4.69, 9.17) is 20.4 Å². The Labute approximate surface area is 153 Å². The van der Waals surface area contributed by atoms with E-state index >= 15 is 0 Å². The third kappa shape index (κ3) is 6.15. The molecule has 0 aromatic heterocycles. The Hall–Kier alpha value is 2.31. The Kier molecular flexibility index (Phi) is 15.4. The van der Waals surface area contributed by atoms with Crippen LogP contribution in [-0.4, -0.2) is 146 Å². The molecule has 4 N–H and O–H groups in total. The van der Waals surface area contributed by atoms with Crippen LogP contribution < -0.4 is 0 Å². The maximum absolute atomic E-state index is 10.3. The van der Waals surface area contributed by atoms with E-state index in [1.807, 2.05) is 0 Å². The number of hydrogen-bond acceptors (Lipinski definition) is 5. The quantitative estimate of drug-likeness (QED) is 0.357. The first-order valence-corrected chi connectivity index (χ1v) is 3.42. The van der Waals surface area contributed by atoms with Gasteiger partial charge in [-0.05, 0) is 0 Å². The first kappa shape index (κ1) is 22.5. The van der Waals surface area contributed by atoms with Crippen molar-refractivity contribution in [1.82, 2.24) is 0 Å². The maximum atomic E-state index is 10.3. The molecule has 0 bridgehead atoms. The molecule has 73 valence electrons. The zero-order valence-electron chi connectivity index (χ0n) is 9.12. The molecule has 4 atom stereocenters. The second-order valence-electron chi connectivity index (χ2n) is 2.64. The molecule has 0 spiro atoms. The fourth-order valence-electron chi connectivity index (χ4n) is 1.02. The van der Waals surface area contributed by atoms with Gasteiger partial charge in [0, 0.05) is 88.7 Å². The molecule has 1 fully saturated rings. The van der Waals surface area contributed by atoms with Crippen LogP contribution in [0.2, 0.25) is 0 Å². The molecule has 1 rings (SSSR count). The van der Waals surface area contributed by atoms with Crippen molar-refractivity contribution < 1.29 is 30.0 Å². The van der Waals surface area contributed by atoms with Crippen LogP contribution in [0.25, 0.3) is 0 Å². The fourth-order valence-corrected chi connectivity index (χ4v) is 1.02. The zero-order valence-corrected chi connectivity index (χ0v) is 15.1. The van der Waals surface area contributed by atoms with Gasteiger partial charge < -0.3 is 25.2 Å². The molecule has 9 heteroatoms. The topological polar surface area (TPSA) is 107 Å². The van der Waals surface area contributed by atoms with Gasteiger partial charge in [0.2, 0.25) is 0 Å². The molecule has 0 amide bonds. The molecule has 0 aromatic rings. The normalized spacial score (nSPS) is 34.1. The van der Waals surface area contributed by atoms with Crippen LogP contribution in [0, 0.1) is 0 Å². The summed E-state index contributed by atoms with van der Waals surface area (Å²) in [6, 6.07) is 0. The van der Waals surface area contributed by atoms with Gasteiger partial charge in [-0.15, -0.1) is 0 Å². The third-order valence-electron chi connectivity index (χ3n) is 1.74. The van der Waals surface area contributed by atoms with Crippen LogP contribution in [0.5, 0.6) is 0 Å². The molecule has 1 aliphatic rings. The molecule has 3 radical (unpaired) electrons. The van der Waals surface area contributed by atoms with E-state index in [1.165, 1.54) is 0 Å². The molecule has 0 aliphatic carbocycles. The van der Waals surface area contributed by atoms with Gasteiger partial charge in [0.05, 0.1) is 6.61 Å². The van der Waals surface area contributed by atoms with E-state index in [0.717, 1.165) is 0 Å². The van der Waals surface area contributed by atoms with Gasteiger partial charge in [-0.25, -0.2) is 4.79 Å². The van der Waals surface area contributed by atoms with Gasteiger partial charge in [0.1, 0.15) is 18.3 Å². The number of aliphatic carboxylic acids is 1. The largest absolute Gasteiger partial charge is 0.479 e. The van der Waals surface area contributed by atoms with E-state index in [1.54, 1.807) is 0 Å². The van der Waals surface area contributed by atoms with E-state index in [-0.39, 0.29) is 95.3 Å². The van der Waals surface area contributed by atoms with Crippen molar-refractivity contribution >= 4 is 94.6 Å². The molecular formula is C6H10Na3O6. The summed E-state index contributed by atoms with van der Waals surface area (Å²) in [6.45, 7) is -0.283. The van der Waals surface area contributed by atoms with Gasteiger partial charge in [-0.1, -0.05) is 0 Å². The number of carboxylic acid groups (broad SMARTS) is 1. The predicted molar refractivity (Wildman–Crippen MR) is 52.7 cm³/mol. The minimum absolute atomic E-state index is 0. The molecule has 15 heavy (non-hydrogen) atoms. The summed E-state index contributed by atoms with van der Waals surface area (Å²) in [6.07, 6.45) is -5.72. The summed E-state index contributed by atoms with van der Waals surface area (Å²) in [5.74, 6) is -1.35. The molecule has 4 unspecified atom stereocenters. The summed E-state index contributed by atoms with van der Waals surface area (Å²) in [5, 5.41) is 35.4. The number of hydrogen-bond donors (Lipinski definition) is 4. The van der Waals surface area contributed by atoms with Crippen molar-refractivity contribution in [3.05, 3.63) is 0 Å². The van der Waals surface area contributed by atoms with Crippen molar-refractivity contribution in [2.75, 3.05) is 6.61 Å². The summed E-state index contributed by atoms with van der Waals surface area (Å²) >= 11 is 0. The average molecular weight is 247 g/mol. The summed E-state index contributed by atoms with van der Waals surface area (Å²) in [5.41, 5.74) is 0. The number of carbonyl (C=O) groups is 1. The monoisotopic (exact) mass is 247 g/mol. The smallest absolute Gasteiger partial charge is 0.335 e. The first-order chi connectivity index (χ1) is 5.54. The first-order valence-electron chi connectivity index (χ1n) is 3.42.